The second kappa shape index (κ2) is 7.52. The smallest absolute Gasteiger partial charge is 0.204 e. The van der Waals surface area contributed by atoms with Crippen LogP contribution in [0, 0.1) is 0 Å². The first-order chi connectivity index (χ1) is 7.66. The molecule has 0 rings (SSSR count). The van der Waals surface area contributed by atoms with Gasteiger partial charge in [-0.3, -0.25) is 0 Å². The fourth-order valence-corrected chi connectivity index (χ4v) is 0.577. The predicted molar refractivity (Wildman–Crippen MR) is 59.8 cm³/mol. The van der Waals surface area contributed by atoms with Crippen molar-refractivity contribution in [1.29, 1.82) is 0 Å². The largest absolute Gasteiger partial charge is 0.409 e. The summed E-state index contributed by atoms with van der Waals surface area (Å²) in [7, 11) is 0. The van der Waals surface area contributed by atoms with E-state index < -0.39 is 33.1 Å². The average molecular weight is 520 g/mol. The van der Waals surface area contributed by atoms with Crippen LogP contribution in [0.25, 0.3) is 0 Å². The SMILES string of the molecule is FC(F)(F)C(I)C(F)(F)F.FC(F)C(F)(F)CI. The molecule has 0 saturated heterocycles. The molecule has 18 heavy (non-hydrogen) atoms. The molecule has 0 atom stereocenters. The normalized spacial score (nSPS) is 13.7. The lowest BCUT2D eigenvalue weighted by atomic mass is 10.4. The van der Waals surface area contributed by atoms with Gasteiger partial charge in [-0.2, -0.15) is 35.1 Å². The zero-order chi connectivity index (χ0) is 15.4. The summed E-state index contributed by atoms with van der Waals surface area (Å²) >= 11 is 1.52. The van der Waals surface area contributed by atoms with Gasteiger partial charge in [-0.1, -0.05) is 45.2 Å². The molecule has 0 unspecified atom stereocenters. The highest BCUT2D eigenvalue weighted by Gasteiger charge is 2.54. The van der Waals surface area contributed by atoms with Gasteiger partial charge in [0.1, 0.15) is 0 Å². The molecule has 0 aliphatic heterocycles. The summed E-state index contributed by atoms with van der Waals surface area (Å²) in [4.78, 5) is 0. The lowest BCUT2D eigenvalue weighted by molar-refractivity contribution is -0.218. The Bertz CT molecular complexity index is 218. The van der Waals surface area contributed by atoms with Gasteiger partial charge < -0.3 is 0 Å². The first kappa shape index (κ1) is 21.1. The second-order valence-corrected chi connectivity index (χ2v) is 4.65. The molecule has 0 aliphatic rings. The van der Waals surface area contributed by atoms with E-state index in [2.05, 4.69) is 0 Å². The third-order valence-corrected chi connectivity index (χ3v) is 3.50. The fraction of sp³-hybridized carbons (Fsp3) is 1.00. The Hall–Kier alpha value is 0.760. The van der Waals surface area contributed by atoms with Crippen molar-refractivity contribution in [2.75, 3.05) is 4.43 Å². The monoisotopic (exact) mass is 520 g/mol. The minimum absolute atomic E-state index is 0.305. The van der Waals surface area contributed by atoms with Crippen molar-refractivity contribution in [3.05, 3.63) is 0 Å². The second-order valence-electron chi connectivity index (χ2n) is 2.64. The van der Waals surface area contributed by atoms with E-state index in [1.54, 1.807) is 0 Å². The number of halogens is 12. The summed E-state index contributed by atoms with van der Waals surface area (Å²) in [5.74, 6) is -3.80. The van der Waals surface area contributed by atoms with Gasteiger partial charge >= 0.3 is 24.7 Å². The summed E-state index contributed by atoms with van der Waals surface area (Å²) in [5, 5.41) is 0. The van der Waals surface area contributed by atoms with Crippen molar-refractivity contribution < 1.29 is 43.9 Å². The molecule has 0 radical (unpaired) electrons. The maximum absolute atomic E-state index is 11.5. The van der Waals surface area contributed by atoms with Crippen molar-refractivity contribution in [3.63, 3.8) is 0 Å². The number of rotatable bonds is 2. The third-order valence-electron chi connectivity index (χ3n) is 1.07. The molecule has 0 aromatic heterocycles. The molecule has 12 heteroatoms. The van der Waals surface area contributed by atoms with Gasteiger partial charge in [-0.05, 0) is 0 Å². The van der Waals surface area contributed by atoms with E-state index in [1.807, 2.05) is 0 Å². The van der Waals surface area contributed by atoms with Crippen molar-refractivity contribution in [3.8, 4) is 0 Å². The van der Waals surface area contributed by atoms with Crippen molar-refractivity contribution in [2.45, 2.75) is 28.6 Å². The molecule has 0 spiro atoms. The molecule has 112 valence electrons. The zero-order valence-corrected chi connectivity index (χ0v) is 12.2. The molecule has 0 aliphatic carbocycles. The Labute approximate surface area is 122 Å². The minimum Gasteiger partial charge on any atom is -0.204 e. The predicted octanol–water partition coefficient (Wildman–Crippen LogP) is 5.24. The molecule has 0 saturated carbocycles. The molecular formula is C6H4F10I2. The maximum Gasteiger partial charge on any atom is 0.409 e. The highest BCUT2D eigenvalue weighted by Crippen LogP contribution is 2.38. The van der Waals surface area contributed by atoms with Crippen molar-refractivity contribution in [2.24, 2.45) is 0 Å². The Morgan fingerprint density at radius 2 is 1.06 bits per heavy atom. The summed E-state index contributed by atoms with van der Waals surface area (Å²) < 4.78 is 108. The van der Waals surface area contributed by atoms with Crippen LogP contribution in [0.5, 0.6) is 0 Å². The molecule has 0 fully saturated rings. The number of hydrogen-bond donors (Lipinski definition) is 0. The molecule has 0 N–H and O–H groups in total. The van der Waals surface area contributed by atoms with Gasteiger partial charge in [-0.15, -0.1) is 0 Å². The topological polar surface area (TPSA) is 0 Å². The molecule has 0 aromatic carbocycles. The Balaban J connectivity index is 0. The van der Waals surface area contributed by atoms with Gasteiger partial charge in [0, 0.05) is 0 Å². The van der Waals surface area contributed by atoms with Crippen LogP contribution in [0.15, 0.2) is 0 Å². The van der Waals surface area contributed by atoms with Crippen LogP contribution >= 0.6 is 45.2 Å². The van der Waals surface area contributed by atoms with Crippen LogP contribution in [-0.2, 0) is 0 Å². The highest BCUT2D eigenvalue weighted by molar-refractivity contribution is 14.1. The van der Waals surface area contributed by atoms with Crippen LogP contribution in [0.2, 0.25) is 0 Å². The van der Waals surface area contributed by atoms with Gasteiger partial charge in [0.15, 0.2) is 0 Å². The number of hydrogen-bond acceptors (Lipinski definition) is 0. The van der Waals surface area contributed by atoms with Crippen LogP contribution in [-0.4, -0.2) is 33.1 Å². The quantitative estimate of drug-likeness (QED) is 0.266. The molecule has 0 aromatic rings. The van der Waals surface area contributed by atoms with Gasteiger partial charge in [0.05, 0.1) is 4.43 Å². The van der Waals surface area contributed by atoms with E-state index in [1.165, 1.54) is 22.6 Å². The van der Waals surface area contributed by atoms with Crippen LogP contribution in [0.3, 0.4) is 0 Å². The molecule has 0 heterocycles. The average Bonchev–Trinajstić information content (AvgIpc) is 2.14. The zero-order valence-electron chi connectivity index (χ0n) is 7.90. The summed E-state index contributed by atoms with van der Waals surface area (Å²) in [6, 6.07) is 0. The van der Waals surface area contributed by atoms with Gasteiger partial charge in [-0.25, -0.2) is 8.78 Å². The molecule has 0 bridgehead atoms. The van der Waals surface area contributed by atoms with Crippen LogP contribution in [0.4, 0.5) is 43.9 Å². The lowest BCUT2D eigenvalue weighted by Gasteiger charge is -2.16. The molecule has 0 nitrogen and oxygen atoms in total. The summed E-state index contributed by atoms with van der Waals surface area (Å²) in [6.07, 6.45) is -13.9. The van der Waals surface area contributed by atoms with Crippen molar-refractivity contribution >= 4 is 45.2 Å². The van der Waals surface area contributed by atoms with E-state index in [-0.39, 0.29) is 0 Å². The summed E-state index contributed by atoms with van der Waals surface area (Å²) in [6.45, 7) is 0. The maximum atomic E-state index is 11.5. The Morgan fingerprint density at radius 1 is 0.778 bits per heavy atom. The first-order valence-corrected chi connectivity index (χ1v) is 6.42. The lowest BCUT2D eigenvalue weighted by Crippen LogP contribution is -2.36. The van der Waals surface area contributed by atoms with E-state index >= 15 is 0 Å². The third kappa shape index (κ3) is 8.79. The fourth-order valence-electron chi connectivity index (χ4n) is 0.244. The minimum atomic E-state index is -5.20. The van der Waals surface area contributed by atoms with Crippen LogP contribution < -0.4 is 0 Å². The molecular weight excluding hydrogens is 516 g/mol. The van der Waals surface area contributed by atoms with Gasteiger partial charge in [0.2, 0.25) is 3.92 Å². The molecule has 0 amide bonds. The van der Waals surface area contributed by atoms with E-state index in [9.17, 15) is 43.9 Å². The Kier molecular flexibility index (Phi) is 8.80. The first-order valence-electron chi connectivity index (χ1n) is 3.65. The standard InChI is InChI=1S/C3HF6I.C3H3F4I/c4-2(5,6)1(10)3(7,8)9;4-2(5)3(6,7)1-8/h1H;2H,1H2. The number of alkyl halides is 12. The van der Waals surface area contributed by atoms with E-state index in [0.717, 1.165) is 0 Å². The van der Waals surface area contributed by atoms with Gasteiger partial charge in [0.25, 0.3) is 0 Å². The van der Waals surface area contributed by atoms with Crippen LogP contribution in [0.1, 0.15) is 0 Å². The Morgan fingerprint density at radius 3 is 1.06 bits per heavy atom. The van der Waals surface area contributed by atoms with Crippen molar-refractivity contribution in [1.82, 2.24) is 0 Å². The van der Waals surface area contributed by atoms with E-state index in [4.69, 9.17) is 0 Å². The van der Waals surface area contributed by atoms with E-state index in [0.29, 0.717) is 22.6 Å². The highest BCUT2D eigenvalue weighted by atomic mass is 127. The summed E-state index contributed by atoms with van der Waals surface area (Å²) in [5.41, 5.74) is 0.